The molecule has 4 aliphatic rings. The molecule has 0 radical (unpaired) electrons. The molecule has 5 rings (SSSR count). The second-order valence-corrected chi connectivity index (χ2v) is 10.2. The number of carbonyl (C=O) groups is 1. The van der Waals surface area contributed by atoms with Crippen LogP contribution in [0, 0.1) is 11.3 Å². The fraction of sp³-hybridized carbons (Fsp3) is 0.727. The highest BCUT2D eigenvalue weighted by molar-refractivity contribution is 6.33. The minimum Gasteiger partial charge on any atom is -0.376 e. The van der Waals surface area contributed by atoms with E-state index in [-0.39, 0.29) is 47.9 Å². The SMILES string of the molecule is CCNc1nccc(C2NNC3NC(N4CCC5(CC4)CO[C@@H](C)[C@H]5N)N(C)C(=O)C32)c1Cl. The number of carbonyl (C=O) groups excluding carboxylic acids is 1. The van der Waals surface area contributed by atoms with Crippen LogP contribution < -0.4 is 27.2 Å². The van der Waals surface area contributed by atoms with Gasteiger partial charge < -0.3 is 20.7 Å². The van der Waals surface area contributed by atoms with Crippen LogP contribution in [0.4, 0.5) is 5.82 Å². The Balaban J connectivity index is 1.30. The van der Waals surface area contributed by atoms with Gasteiger partial charge in [0.05, 0.1) is 35.9 Å². The van der Waals surface area contributed by atoms with Crippen molar-refractivity contribution < 1.29 is 9.53 Å². The quantitative estimate of drug-likeness (QED) is 0.419. The number of pyridine rings is 1. The fourth-order valence-electron chi connectivity index (χ4n) is 5.91. The number of rotatable bonds is 4. The summed E-state index contributed by atoms with van der Waals surface area (Å²) in [6.45, 7) is 7.25. The number of fused-ring (bicyclic) bond motifs is 1. The first-order chi connectivity index (χ1) is 15.9. The predicted octanol–water partition coefficient (Wildman–Crippen LogP) is 0.431. The molecule has 11 heteroatoms. The summed E-state index contributed by atoms with van der Waals surface area (Å²) < 4.78 is 5.86. The number of aromatic nitrogens is 1. The van der Waals surface area contributed by atoms with Crippen LogP contribution in [0.25, 0.3) is 0 Å². The predicted molar refractivity (Wildman–Crippen MR) is 126 cm³/mol. The van der Waals surface area contributed by atoms with Crippen molar-refractivity contribution in [1.82, 2.24) is 31.0 Å². The minimum atomic E-state index is -0.325. The minimum absolute atomic E-state index is 0.0519. The molecule has 10 nitrogen and oxygen atoms in total. The Morgan fingerprint density at radius 2 is 2.12 bits per heavy atom. The van der Waals surface area contributed by atoms with Gasteiger partial charge in [-0.15, -0.1) is 0 Å². The zero-order valence-electron chi connectivity index (χ0n) is 19.5. The van der Waals surface area contributed by atoms with Crippen LogP contribution >= 0.6 is 11.6 Å². The number of nitrogens with zero attached hydrogens (tertiary/aromatic N) is 3. The van der Waals surface area contributed by atoms with Gasteiger partial charge in [-0.2, -0.15) is 0 Å². The molecule has 0 saturated carbocycles. The number of piperidine rings is 1. The average Bonchev–Trinajstić information content (AvgIpc) is 3.36. The first-order valence-electron chi connectivity index (χ1n) is 11.9. The van der Waals surface area contributed by atoms with Gasteiger partial charge >= 0.3 is 0 Å². The Bertz CT molecular complexity index is 895. The Hall–Kier alpha value is -1.53. The molecule has 4 aliphatic heterocycles. The van der Waals surface area contributed by atoms with Gasteiger partial charge in [-0.25, -0.2) is 15.8 Å². The van der Waals surface area contributed by atoms with Gasteiger partial charge in [-0.3, -0.25) is 15.0 Å². The van der Waals surface area contributed by atoms with Gasteiger partial charge in [0.2, 0.25) is 5.91 Å². The number of amides is 1. The first-order valence-corrected chi connectivity index (χ1v) is 12.3. The van der Waals surface area contributed by atoms with E-state index in [0.717, 1.165) is 44.6 Å². The van der Waals surface area contributed by atoms with E-state index in [4.69, 9.17) is 22.1 Å². The monoisotopic (exact) mass is 478 g/mol. The lowest BCUT2D eigenvalue weighted by molar-refractivity contribution is -0.151. The molecule has 0 bridgehead atoms. The molecule has 0 aliphatic carbocycles. The Labute approximate surface area is 199 Å². The summed E-state index contributed by atoms with van der Waals surface area (Å²) in [5.41, 5.74) is 14.0. The molecule has 33 heavy (non-hydrogen) atoms. The number of anilines is 1. The number of nitrogens with one attached hydrogen (secondary N) is 4. The van der Waals surface area contributed by atoms with Gasteiger partial charge in [-0.05, 0) is 38.3 Å². The molecule has 4 fully saturated rings. The third kappa shape index (κ3) is 3.81. The van der Waals surface area contributed by atoms with Crippen molar-refractivity contribution in [3.8, 4) is 0 Å². The summed E-state index contributed by atoms with van der Waals surface area (Å²) >= 11 is 6.65. The second kappa shape index (κ2) is 8.92. The highest BCUT2D eigenvalue weighted by Gasteiger charge is 2.52. The summed E-state index contributed by atoms with van der Waals surface area (Å²) in [6, 6.07) is 1.69. The lowest BCUT2D eigenvalue weighted by atomic mass is 9.73. The molecule has 0 aromatic carbocycles. The lowest BCUT2D eigenvalue weighted by Crippen LogP contribution is -2.70. The van der Waals surface area contributed by atoms with Crippen LogP contribution in [0.2, 0.25) is 5.02 Å². The number of hydrazine groups is 1. The molecule has 1 aromatic heterocycles. The molecule has 182 valence electrons. The van der Waals surface area contributed by atoms with Crippen molar-refractivity contribution in [2.45, 2.75) is 57.3 Å². The number of halogens is 1. The molecule has 5 heterocycles. The second-order valence-electron chi connectivity index (χ2n) is 9.79. The largest absolute Gasteiger partial charge is 0.376 e. The molecule has 1 amide bonds. The number of hydrogen-bond acceptors (Lipinski definition) is 9. The zero-order valence-corrected chi connectivity index (χ0v) is 20.2. The van der Waals surface area contributed by atoms with Crippen LogP contribution in [0.3, 0.4) is 0 Å². The Morgan fingerprint density at radius 3 is 2.79 bits per heavy atom. The molecule has 1 aromatic rings. The summed E-state index contributed by atoms with van der Waals surface area (Å²) in [7, 11) is 1.88. The molecule has 4 unspecified atom stereocenters. The average molecular weight is 479 g/mol. The Morgan fingerprint density at radius 1 is 1.36 bits per heavy atom. The summed E-state index contributed by atoms with van der Waals surface area (Å²) in [4.78, 5) is 22.1. The lowest BCUT2D eigenvalue weighted by Gasteiger charge is -2.49. The number of ether oxygens (including phenoxy) is 1. The maximum absolute atomic E-state index is 13.6. The van der Waals surface area contributed by atoms with Crippen molar-refractivity contribution in [2.75, 3.05) is 38.6 Å². The molecule has 6 atom stereocenters. The smallest absolute Gasteiger partial charge is 0.232 e. The van der Waals surface area contributed by atoms with E-state index < -0.39 is 0 Å². The molecule has 4 saturated heterocycles. The summed E-state index contributed by atoms with van der Waals surface area (Å²) in [6.07, 6.45) is 3.40. The van der Waals surface area contributed by atoms with E-state index in [1.54, 1.807) is 6.20 Å². The van der Waals surface area contributed by atoms with E-state index in [9.17, 15) is 4.79 Å². The zero-order chi connectivity index (χ0) is 23.3. The number of nitrogens with two attached hydrogens (primary N) is 1. The molecule has 6 N–H and O–H groups in total. The van der Waals surface area contributed by atoms with Crippen LogP contribution in [-0.4, -0.2) is 78.6 Å². The van der Waals surface area contributed by atoms with E-state index in [0.29, 0.717) is 10.8 Å². The molecular weight excluding hydrogens is 444 g/mol. The third-order valence-corrected chi connectivity index (χ3v) is 8.42. The molecule has 1 spiro atoms. The van der Waals surface area contributed by atoms with E-state index in [1.807, 2.05) is 24.9 Å². The Kier molecular flexibility index (Phi) is 6.28. The number of hydrogen-bond donors (Lipinski definition) is 5. The first kappa shape index (κ1) is 23.2. The number of likely N-dealkylation sites (tertiary alicyclic amines) is 1. The summed E-state index contributed by atoms with van der Waals surface area (Å²) in [5.74, 6) is 0.392. The van der Waals surface area contributed by atoms with E-state index in [2.05, 4.69) is 38.3 Å². The normalized spacial score (nSPS) is 36.4. The van der Waals surface area contributed by atoms with Crippen LogP contribution in [-0.2, 0) is 9.53 Å². The maximum Gasteiger partial charge on any atom is 0.232 e. The van der Waals surface area contributed by atoms with Crippen LogP contribution in [0.5, 0.6) is 0 Å². The van der Waals surface area contributed by atoms with Crippen molar-refractivity contribution in [1.29, 1.82) is 0 Å². The third-order valence-electron chi connectivity index (χ3n) is 8.03. The van der Waals surface area contributed by atoms with Gasteiger partial charge in [0.15, 0.2) is 0 Å². The van der Waals surface area contributed by atoms with Crippen molar-refractivity contribution in [3.63, 3.8) is 0 Å². The van der Waals surface area contributed by atoms with Crippen LogP contribution in [0.15, 0.2) is 12.3 Å². The van der Waals surface area contributed by atoms with Crippen molar-refractivity contribution >= 4 is 23.3 Å². The highest BCUT2D eigenvalue weighted by atomic mass is 35.5. The fourth-order valence-corrected chi connectivity index (χ4v) is 6.20. The van der Waals surface area contributed by atoms with Gasteiger partial charge in [0, 0.05) is 44.3 Å². The van der Waals surface area contributed by atoms with E-state index >= 15 is 0 Å². The van der Waals surface area contributed by atoms with Crippen molar-refractivity contribution in [3.05, 3.63) is 22.8 Å². The standard InChI is InChI=1S/C22H35ClN8O2/c1-4-25-19-15(23)13(5-8-26-19)16-14-18(29-28-16)27-21(30(3)20(14)32)31-9-6-22(7-10-31)11-33-12(2)17(22)24/h5,8,12,14,16-18,21,27-29H,4,6-7,9-11,24H2,1-3H3,(H,25,26)/t12-,14?,16?,17+,18?,21?/m0/s1. The highest BCUT2D eigenvalue weighted by Crippen LogP contribution is 2.42. The van der Waals surface area contributed by atoms with Crippen LogP contribution in [0.1, 0.15) is 38.3 Å². The van der Waals surface area contributed by atoms with Gasteiger partial charge in [0.25, 0.3) is 0 Å². The van der Waals surface area contributed by atoms with Gasteiger partial charge in [0.1, 0.15) is 12.1 Å². The molecular formula is C22H35ClN8O2. The summed E-state index contributed by atoms with van der Waals surface area (Å²) in [5, 5.41) is 7.37. The van der Waals surface area contributed by atoms with E-state index in [1.165, 1.54) is 0 Å². The maximum atomic E-state index is 13.6. The van der Waals surface area contributed by atoms with Crippen molar-refractivity contribution in [2.24, 2.45) is 17.1 Å². The topological polar surface area (TPSA) is 120 Å². The van der Waals surface area contributed by atoms with Gasteiger partial charge in [-0.1, -0.05) is 11.6 Å².